The highest BCUT2D eigenvalue weighted by atomic mass is 19.4. The second kappa shape index (κ2) is 12.7. The van der Waals surface area contributed by atoms with Gasteiger partial charge in [0.1, 0.15) is 29.4 Å². The van der Waals surface area contributed by atoms with Crippen LogP contribution in [0.1, 0.15) is 39.1 Å². The summed E-state index contributed by atoms with van der Waals surface area (Å²) in [7, 11) is 1.32. The molecule has 2 fully saturated rings. The Morgan fingerprint density at radius 1 is 1.09 bits per heavy atom. The van der Waals surface area contributed by atoms with Gasteiger partial charge in [-0.1, -0.05) is 12.1 Å². The van der Waals surface area contributed by atoms with Crippen LogP contribution in [0.4, 0.5) is 27.8 Å². The lowest BCUT2D eigenvalue weighted by Gasteiger charge is -2.32. The molecular weight excluding hydrogens is 627 g/mol. The van der Waals surface area contributed by atoms with Crippen molar-refractivity contribution < 1.29 is 36.3 Å². The number of fused-ring (bicyclic) bond motifs is 1. The molecular formula is C31H31F5N8O3. The third-order valence-corrected chi connectivity index (χ3v) is 8.65. The Labute approximate surface area is 265 Å². The SMILES string of the molecule is COc1ncc(-c2cc(CN3CCC(C(F)(F)F)CC3)c3c(N)ncnn23)cc1C(=O)N[C@@H]1CN(C(=O)c2ccccc2F)C[C@@H]1F. The highest BCUT2D eigenvalue weighted by molar-refractivity contribution is 5.98. The van der Waals surface area contributed by atoms with Gasteiger partial charge < -0.3 is 20.7 Å². The maximum atomic E-state index is 15.1. The summed E-state index contributed by atoms with van der Waals surface area (Å²) in [6.45, 7) is 0.280. The average Bonchev–Trinajstić information content (AvgIpc) is 3.61. The molecule has 0 unspecified atom stereocenters. The minimum atomic E-state index is -4.23. The van der Waals surface area contributed by atoms with E-state index in [1.807, 2.05) is 4.90 Å². The molecule has 2 amide bonds. The molecule has 0 radical (unpaired) electrons. The smallest absolute Gasteiger partial charge is 0.391 e. The first-order valence-corrected chi connectivity index (χ1v) is 14.9. The molecule has 2 aliphatic rings. The quantitative estimate of drug-likeness (QED) is 0.286. The summed E-state index contributed by atoms with van der Waals surface area (Å²) in [5.74, 6) is -3.35. The third kappa shape index (κ3) is 6.41. The maximum Gasteiger partial charge on any atom is 0.391 e. The third-order valence-electron chi connectivity index (χ3n) is 8.65. The van der Waals surface area contributed by atoms with Crippen molar-refractivity contribution in [2.24, 2.45) is 5.92 Å². The predicted octanol–water partition coefficient (Wildman–Crippen LogP) is 3.89. The van der Waals surface area contributed by atoms with E-state index in [4.69, 9.17) is 10.5 Å². The number of likely N-dealkylation sites (tertiary alicyclic amines) is 2. The van der Waals surface area contributed by atoms with Crippen molar-refractivity contribution in [3.63, 3.8) is 0 Å². The Bertz CT molecular complexity index is 1810. The predicted molar refractivity (Wildman–Crippen MR) is 160 cm³/mol. The number of nitrogens with zero attached hydrogens (tertiary/aromatic N) is 6. The van der Waals surface area contributed by atoms with E-state index in [2.05, 4.69) is 20.4 Å². The van der Waals surface area contributed by atoms with E-state index in [9.17, 15) is 27.2 Å². The van der Waals surface area contributed by atoms with Gasteiger partial charge in [-0.25, -0.2) is 23.3 Å². The zero-order chi connectivity index (χ0) is 33.5. The molecule has 248 valence electrons. The minimum Gasteiger partial charge on any atom is -0.480 e. The zero-order valence-electron chi connectivity index (χ0n) is 25.2. The van der Waals surface area contributed by atoms with Gasteiger partial charge in [0.05, 0.1) is 36.9 Å². The fourth-order valence-electron chi connectivity index (χ4n) is 6.16. The van der Waals surface area contributed by atoms with E-state index in [1.165, 1.54) is 48.4 Å². The van der Waals surface area contributed by atoms with Crippen molar-refractivity contribution in [2.75, 3.05) is 39.0 Å². The average molecular weight is 659 g/mol. The molecule has 0 bridgehead atoms. The van der Waals surface area contributed by atoms with Gasteiger partial charge in [-0.15, -0.1) is 0 Å². The van der Waals surface area contributed by atoms with Crippen LogP contribution >= 0.6 is 0 Å². The van der Waals surface area contributed by atoms with E-state index in [1.54, 1.807) is 6.07 Å². The van der Waals surface area contributed by atoms with Crippen LogP contribution in [0, 0.1) is 11.7 Å². The molecule has 11 nitrogen and oxygen atoms in total. The molecule has 0 saturated carbocycles. The van der Waals surface area contributed by atoms with Gasteiger partial charge in [0, 0.05) is 24.8 Å². The Hall–Kier alpha value is -4.86. The van der Waals surface area contributed by atoms with Crippen LogP contribution < -0.4 is 15.8 Å². The van der Waals surface area contributed by atoms with Crippen molar-refractivity contribution in [1.82, 2.24) is 34.7 Å². The van der Waals surface area contributed by atoms with E-state index in [0.717, 1.165) is 11.0 Å². The number of aromatic nitrogens is 4. The number of nitrogens with two attached hydrogens (primary N) is 1. The lowest BCUT2D eigenvalue weighted by atomic mass is 9.96. The first-order valence-electron chi connectivity index (χ1n) is 14.9. The van der Waals surface area contributed by atoms with E-state index >= 15 is 4.39 Å². The monoisotopic (exact) mass is 658 g/mol. The van der Waals surface area contributed by atoms with Crippen LogP contribution in [0.15, 0.2) is 48.9 Å². The fraction of sp³-hybridized carbons (Fsp3) is 0.387. The number of nitrogens with one attached hydrogen (secondary N) is 1. The molecule has 2 aliphatic heterocycles. The van der Waals surface area contributed by atoms with Crippen molar-refractivity contribution in [2.45, 2.75) is 37.8 Å². The molecule has 0 spiro atoms. The number of amides is 2. The second-order valence-corrected chi connectivity index (χ2v) is 11.6. The number of nitrogen functional groups attached to an aromatic ring is 1. The number of benzene rings is 1. The summed E-state index contributed by atoms with van der Waals surface area (Å²) < 4.78 is 75.7. The number of hydrogen-bond acceptors (Lipinski definition) is 8. The topological polar surface area (TPSA) is 131 Å². The van der Waals surface area contributed by atoms with Crippen LogP contribution in [0.25, 0.3) is 16.8 Å². The summed E-state index contributed by atoms with van der Waals surface area (Å²) in [5.41, 5.74) is 8.04. The number of anilines is 1. The number of piperidine rings is 1. The summed E-state index contributed by atoms with van der Waals surface area (Å²) >= 11 is 0. The number of pyridine rings is 1. The number of carbonyl (C=O) groups excluding carboxylic acids is 2. The fourth-order valence-corrected chi connectivity index (χ4v) is 6.16. The molecule has 4 aromatic rings. The Balaban J connectivity index is 1.24. The number of halogens is 5. The van der Waals surface area contributed by atoms with Crippen molar-refractivity contribution >= 4 is 23.1 Å². The van der Waals surface area contributed by atoms with E-state index in [-0.39, 0.29) is 61.8 Å². The second-order valence-electron chi connectivity index (χ2n) is 11.6. The van der Waals surface area contributed by atoms with Crippen LogP contribution in [-0.4, -0.2) is 92.9 Å². The van der Waals surface area contributed by atoms with Gasteiger partial charge >= 0.3 is 6.18 Å². The highest BCUT2D eigenvalue weighted by Crippen LogP contribution is 2.36. The van der Waals surface area contributed by atoms with Crippen LogP contribution in [0.3, 0.4) is 0 Å². The molecule has 47 heavy (non-hydrogen) atoms. The van der Waals surface area contributed by atoms with Crippen molar-refractivity contribution in [3.8, 4) is 17.1 Å². The Morgan fingerprint density at radius 3 is 2.53 bits per heavy atom. The lowest BCUT2D eigenvalue weighted by molar-refractivity contribution is -0.185. The van der Waals surface area contributed by atoms with E-state index < -0.39 is 41.9 Å². The van der Waals surface area contributed by atoms with Gasteiger partial charge in [-0.3, -0.25) is 14.5 Å². The molecule has 3 N–H and O–H groups in total. The Morgan fingerprint density at radius 2 is 1.83 bits per heavy atom. The van der Waals surface area contributed by atoms with Gasteiger partial charge in [-0.2, -0.15) is 18.3 Å². The molecule has 16 heteroatoms. The van der Waals surface area contributed by atoms with Crippen LogP contribution in [0.5, 0.6) is 5.88 Å². The first-order chi connectivity index (χ1) is 22.4. The summed E-state index contributed by atoms with van der Waals surface area (Å²) in [4.78, 5) is 37.7. The van der Waals surface area contributed by atoms with Crippen LogP contribution in [0.2, 0.25) is 0 Å². The molecule has 1 aromatic carbocycles. The lowest BCUT2D eigenvalue weighted by Crippen LogP contribution is -2.42. The van der Waals surface area contributed by atoms with Crippen molar-refractivity contribution in [3.05, 3.63) is 71.4 Å². The molecule has 6 rings (SSSR count). The number of hydrogen-bond donors (Lipinski definition) is 2. The van der Waals surface area contributed by atoms with Gasteiger partial charge in [-0.05, 0) is 55.8 Å². The Kier molecular flexibility index (Phi) is 8.70. The van der Waals surface area contributed by atoms with Gasteiger partial charge in [0.15, 0.2) is 5.82 Å². The standard InChI is InChI=1S/C31H31F5N8O3/c1-47-29-21(28(45)41-24-15-43(14-23(24)33)30(46)20-4-2-3-5-22(20)32)10-17(12-38-29)25-11-18(26-27(37)39-16-40-44(25)26)13-42-8-6-19(7-9-42)31(34,35)36/h2-5,10-12,16,19,23-24H,6-9,13-15H2,1H3,(H,41,45)(H2,37,39,40)/t23-,24+/m0/s1. The number of carbonyl (C=O) groups is 2. The number of rotatable bonds is 7. The molecule has 3 aromatic heterocycles. The summed E-state index contributed by atoms with van der Waals surface area (Å²) in [6, 6.07) is 7.57. The van der Waals surface area contributed by atoms with Gasteiger partial charge in [0.25, 0.3) is 11.8 Å². The number of ether oxygens (including phenoxy) is 1. The summed E-state index contributed by atoms with van der Waals surface area (Å²) in [6.07, 6.45) is -3.15. The largest absolute Gasteiger partial charge is 0.480 e. The maximum absolute atomic E-state index is 15.1. The number of alkyl halides is 4. The van der Waals surface area contributed by atoms with Crippen molar-refractivity contribution in [1.29, 1.82) is 0 Å². The molecule has 5 heterocycles. The zero-order valence-corrected chi connectivity index (χ0v) is 25.2. The summed E-state index contributed by atoms with van der Waals surface area (Å²) in [5, 5.41) is 6.94. The normalized spacial score (nSPS) is 19.3. The highest BCUT2D eigenvalue weighted by Gasteiger charge is 2.41. The first kappa shape index (κ1) is 32.1. The molecule has 2 saturated heterocycles. The molecule has 2 atom stereocenters. The van der Waals surface area contributed by atoms with E-state index in [0.29, 0.717) is 28.9 Å². The molecule has 0 aliphatic carbocycles. The van der Waals surface area contributed by atoms with Gasteiger partial charge in [0.2, 0.25) is 5.88 Å². The minimum absolute atomic E-state index is 0.00914. The van der Waals surface area contributed by atoms with Crippen LogP contribution in [-0.2, 0) is 6.54 Å². The number of methoxy groups -OCH3 is 1.